The van der Waals surface area contributed by atoms with Gasteiger partial charge in [0.25, 0.3) is 0 Å². The molecule has 0 aliphatic heterocycles. The van der Waals surface area contributed by atoms with E-state index in [1.54, 1.807) is 30.6 Å². The lowest BCUT2D eigenvalue weighted by Crippen LogP contribution is -2.39. The highest BCUT2D eigenvalue weighted by atomic mass is 32.2. The molecular weight excluding hydrogens is 495 g/mol. The number of benzene rings is 1. The number of ether oxygens (including phenoxy) is 1. The lowest BCUT2D eigenvalue weighted by Gasteiger charge is -2.30. The molecule has 2 aromatic heterocycles. The summed E-state index contributed by atoms with van der Waals surface area (Å²) >= 11 is 0. The van der Waals surface area contributed by atoms with Crippen molar-refractivity contribution in [2.75, 3.05) is 6.61 Å². The molecule has 4 rings (SSSR count). The van der Waals surface area contributed by atoms with Crippen molar-refractivity contribution in [2.45, 2.75) is 69.1 Å². The van der Waals surface area contributed by atoms with E-state index in [1.165, 1.54) is 12.3 Å². The van der Waals surface area contributed by atoms with Crippen molar-refractivity contribution in [3.8, 4) is 17.0 Å². The Labute approximate surface area is 208 Å². The topological polar surface area (TPSA) is 99.0 Å². The molecule has 1 N–H and O–H groups in total. The monoisotopic (exact) mass is 523 g/mol. The summed E-state index contributed by atoms with van der Waals surface area (Å²) in [5, 5.41) is 7.98. The molecule has 1 aliphatic rings. The summed E-state index contributed by atoms with van der Waals surface area (Å²) in [4.78, 5) is 4.15. The third-order valence-corrected chi connectivity index (χ3v) is 7.92. The Hall–Kier alpha value is -2.99. The summed E-state index contributed by atoms with van der Waals surface area (Å²) in [5.41, 5.74) is 1.99. The van der Waals surface area contributed by atoms with Gasteiger partial charge in [-0.25, -0.2) is 18.1 Å². The highest BCUT2D eigenvalue weighted by Gasteiger charge is 2.30. The summed E-state index contributed by atoms with van der Waals surface area (Å²) < 4.78 is 73.2. The van der Waals surface area contributed by atoms with Crippen LogP contribution in [-0.2, 0) is 16.4 Å². The maximum atomic E-state index is 13.3. The van der Waals surface area contributed by atoms with Crippen LogP contribution in [0.3, 0.4) is 0 Å². The first-order valence-corrected chi connectivity index (χ1v) is 13.2. The van der Waals surface area contributed by atoms with Gasteiger partial charge in [-0.05, 0) is 68.4 Å². The molecule has 0 radical (unpaired) electrons. The van der Waals surface area contributed by atoms with Crippen molar-refractivity contribution in [1.29, 1.82) is 0 Å². The van der Waals surface area contributed by atoms with Crippen molar-refractivity contribution < 1.29 is 26.3 Å². The van der Waals surface area contributed by atoms with Crippen molar-refractivity contribution in [3.63, 3.8) is 0 Å². The van der Waals surface area contributed by atoms with Crippen LogP contribution in [0.5, 0.6) is 5.88 Å². The van der Waals surface area contributed by atoms with Gasteiger partial charge in [0, 0.05) is 29.9 Å². The predicted octanol–water partition coefficient (Wildman–Crippen LogP) is 4.61. The Kier molecular flexibility index (Phi) is 7.65. The van der Waals surface area contributed by atoms with E-state index in [1.807, 2.05) is 18.4 Å². The molecule has 12 heteroatoms. The molecule has 1 aliphatic carbocycles. The molecular formula is C24H28F3N5O3S. The number of nitrogens with zero attached hydrogens (tertiary/aromatic N) is 4. The number of alkyl halides is 3. The minimum absolute atomic E-state index is 0.136. The molecule has 8 nitrogen and oxygen atoms in total. The smallest absolute Gasteiger partial charge is 0.422 e. The maximum absolute atomic E-state index is 13.3. The molecule has 36 heavy (non-hydrogen) atoms. The molecule has 2 heterocycles. The zero-order valence-electron chi connectivity index (χ0n) is 20.0. The largest absolute Gasteiger partial charge is 0.468 e. The molecule has 0 saturated heterocycles. The average Bonchev–Trinajstić information content (AvgIpc) is 3.28. The third-order valence-electron chi connectivity index (χ3n) is 6.30. The second-order valence-electron chi connectivity index (χ2n) is 8.89. The number of nitrogens with one attached hydrogen (secondary N) is 1. The fourth-order valence-electron chi connectivity index (χ4n) is 4.55. The normalized spacial score (nSPS) is 18.8. The zero-order valence-corrected chi connectivity index (χ0v) is 20.8. The first-order valence-electron chi connectivity index (χ1n) is 11.7. The quantitative estimate of drug-likeness (QED) is 0.463. The standard InChI is InChI=1S/C24H28F3N5O3S/c1-3-17-11-18(19-8-10-23(28-13-19)35-14-24(25,26)27)7-9-22(17)36(33,34)31-20-5-4-6-21(12-20)32-15-29-30-16(32)2/h7-11,13,15,20-21,31H,3-6,12,14H2,1-2H3. The van der Waals surface area contributed by atoms with E-state index in [4.69, 9.17) is 0 Å². The van der Waals surface area contributed by atoms with Crippen molar-refractivity contribution in [3.05, 3.63) is 54.2 Å². The second-order valence-corrected chi connectivity index (χ2v) is 10.6. The van der Waals surface area contributed by atoms with Crippen LogP contribution in [0.2, 0.25) is 0 Å². The summed E-state index contributed by atoms with van der Waals surface area (Å²) in [5.74, 6) is 0.671. The highest BCUT2D eigenvalue weighted by Crippen LogP contribution is 2.31. The summed E-state index contributed by atoms with van der Waals surface area (Å²) in [7, 11) is -3.76. The van der Waals surface area contributed by atoms with Gasteiger partial charge in [0.1, 0.15) is 12.2 Å². The molecule has 3 aromatic rings. The Bertz CT molecular complexity index is 1290. The highest BCUT2D eigenvalue weighted by molar-refractivity contribution is 7.89. The van der Waals surface area contributed by atoms with Crippen LogP contribution in [-0.4, -0.2) is 47.0 Å². The molecule has 1 aromatic carbocycles. The van der Waals surface area contributed by atoms with Gasteiger partial charge >= 0.3 is 6.18 Å². The van der Waals surface area contributed by atoms with Gasteiger partial charge in [-0.3, -0.25) is 0 Å². The van der Waals surface area contributed by atoms with Gasteiger partial charge < -0.3 is 9.30 Å². The van der Waals surface area contributed by atoms with Crippen molar-refractivity contribution in [2.24, 2.45) is 0 Å². The van der Waals surface area contributed by atoms with Crippen LogP contribution in [0.25, 0.3) is 11.1 Å². The Morgan fingerprint density at radius 1 is 1.17 bits per heavy atom. The molecule has 2 atom stereocenters. The number of aromatic nitrogens is 4. The fourth-order valence-corrected chi connectivity index (χ4v) is 6.13. The number of pyridine rings is 1. The van der Waals surface area contributed by atoms with Gasteiger partial charge in [-0.1, -0.05) is 13.0 Å². The third kappa shape index (κ3) is 6.22. The van der Waals surface area contributed by atoms with E-state index in [9.17, 15) is 21.6 Å². The van der Waals surface area contributed by atoms with Gasteiger partial charge in [0.2, 0.25) is 15.9 Å². The van der Waals surface area contributed by atoms with Crippen LogP contribution in [0.15, 0.2) is 47.8 Å². The van der Waals surface area contributed by atoms with E-state index in [0.29, 0.717) is 29.5 Å². The molecule has 0 amide bonds. The lowest BCUT2D eigenvalue weighted by molar-refractivity contribution is -0.154. The number of hydrogen-bond acceptors (Lipinski definition) is 6. The molecule has 2 unspecified atom stereocenters. The molecule has 0 bridgehead atoms. The van der Waals surface area contributed by atoms with Crippen LogP contribution in [0, 0.1) is 6.92 Å². The number of rotatable bonds is 8. The van der Waals surface area contributed by atoms with Crippen LogP contribution in [0.1, 0.15) is 50.0 Å². The summed E-state index contributed by atoms with van der Waals surface area (Å²) in [6.45, 7) is 2.34. The van der Waals surface area contributed by atoms with E-state index in [0.717, 1.165) is 25.1 Å². The first kappa shape index (κ1) is 26.1. The molecule has 1 fully saturated rings. The van der Waals surface area contributed by atoms with Crippen LogP contribution in [0.4, 0.5) is 13.2 Å². The lowest BCUT2D eigenvalue weighted by atomic mass is 9.91. The minimum Gasteiger partial charge on any atom is -0.468 e. The maximum Gasteiger partial charge on any atom is 0.422 e. The summed E-state index contributed by atoms with van der Waals surface area (Å²) in [6, 6.07) is 7.90. The fraction of sp³-hybridized carbons (Fsp3) is 0.458. The Morgan fingerprint density at radius 3 is 2.58 bits per heavy atom. The van der Waals surface area contributed by atoms with Gasteiger partial charge in [-0.2, -0.15) is 13.2 Å². The number of sulfonamides is 1. The second kappa shape index (κ2) is 10.6. The van der Waals surface area contributed by atoms with Crippen LogP contribution >= 0.6 is 0 Å². The van der Waals surface area contributed by atoms with Gasteiger partial charge in [-0.15, -0.1) is 10.2 Å². The van der Waals surface area contributed by atoms with E-state index in [-0.39, 0.29) is 22.9 Å². The molecule has 194 valence electrons. The van der Waals surface area contributed by atoms with E-state index in [2.05, 4.69) is 24.6 Å². The Morgan fingerprint density at radius 2 is 1.94 bits per heavy atom. The minimum atomic E-state index is -4.44. The number of halogens is 3. The zero-order chi connectivity index (χ0) is 25.9. The van der Waals surface area contributed by atoms with E-state index >= 15 is 0 Å². The summed E-state index contributed by atoms with van der Waals surface area (Å²) in [6.07, 6.45) is 2.38. The van der Waals surface area contributed by atoms with Crippen LogP contribution < -0.4 is 9.46 Å². The average molecular weight is 524 g/mol. The molecule has 0 spiro atoms. The number of aryl methyl sites for hydroxylation is 2. The van der Waals surface area contributed by atoms with E-state index < -0.39 is 22.8 Å². The first-order chi connectivity index (χ1) is 17.1. The van der Waals surface area contributed by atoms with Crippen molar-refractivity contribution in [1.82, 2.24) is 24.5 Å². The molecule has 1 saturated carbocycles. The predicted molar refractivity (Wildman–Crippen MR) is 127 cm³/mol. The van der Waals surface area contributed by atoms with Gasteiger partial charge in [0.05, 0.1) is 4.90 Å². The Balaban J connectivity index is 1.48. The van der Waals surface area contributed by atoms with Gasteiger partial charge in [0.15, 0.2) is 6.61 Å². The SMILES string of the molecule is CCc1cc(-c2ccc(OCC(F)(F)F)nc2)ccc1S(=O)(=O)NC1CCCC(n2cnnc2C)C1. The number of hydrogen-bond donors (Lipinski definition) is 1. The van der Waals surface area contributed by atoms with Crippen molar-refractivity contribution >= 4 is 10.0 Å².